The number of urea groups is 1. The van der Waals surface area contributed by atoms with Crippen LogP contribution in [0.25, 0.3) is 0 Å². The molecule has 1 heterocycles. The van der Waals surface area contributed by atoms with E-state index in [0.29, 0.717) is 18.0 Å². The highest BCUT2D eigenvalue weighted by Gasteiger charge is 2.36. The number of carbonyl (C=O) groups is 2. The van der Waals surface area contributed by atoms with Gasteiger partial charge in [-0.2, -0.15) is 0 Å². The lowest BCUT2D eigenvalue weighted by atomic mass is 9.93. The zero-order valence-corrected chi connectivity index (χ0v) is 11.4. The summed E-state index contributed by atoms with van der Waals surface area (Å²) in [5.74, 6) is -1.03. The molecule has 7 heteroatoms. The number of carboxylic acid groups (broad SMARTS) is 1. The standard InChI is InChI=1S/C11H17N3O3S/c1-4-11(5-2,8(15)16)14-9(17)13-10-12-7(3)6-18-10/h6H,4-5H2,1-3H3,(H,15,16)(H2,12,13,14,17). The number of aliphatic carboxylic acids is 1. The van der Waals surface area contributed by atoms with Gasteiger partial charge >= 0.3 is 12.0 Å². The first-order valence-electron chi connectivity index (χ1n) is 5.68. The minimum absolute atomic E-state index is 0.323. The third-order valence-electron chi connectivity index (χ3n) is 2.81. The van der Waals surface area contributed by atoms with Crippen LogP contribution in [0.4, 0.5) is 9.93 Å². The molecular formula is C11H17N3O3S. The van der Waals surface area contributed by atoms with Crippen LogP contribution in [0, 0.1) is 6.92 Å². The number of nitrogens with one attached hydrogen (secondary N) is 2. The van der Waals surface area contributed by atoms with E-state index in [1.54, 1.807) is 19.2 Å². The number of aromatic nitrogens is 1. The van der Waals surface area contributed by atoms with Crippen LogP contribution in [0.2, 0.25) is 0 Å². The molecule has 0 atom stereocenters. The molecule has 0 aliphatic heterocycles. The van der Waals surface area contributed by atoms with Gasteiger partial charge in [-0.05, 0) is 19.8 Å². The molecule has 6 nitrogen and oxygen atoms in total. The van der Waals surface area contributed by atoms with Gasteiger partial charge in [0.15, 0.2) is 5.13 Å². The Morgan fingerprint density at radius 3 is 2.44 bits per heavy atom. The summed E-state index contributed by atoms with van der Waals surface area (Å²) in [5.41, 5.74) is -0.415. The molecule has 3 N–H and O–H groups in total. The second kappa shape index (κ2) is 5.81. The van der Waals surface area contributed by atoms with Gasteiger partial charge in [0.2, 0.25) is 0 Å². The van der Waals surface area contributed by atoms with Crippen LogP contribution in [0.1, 0.15) is 32.4 Å². The molecule has 0 bridgehead atoms. The molecule has 2 amide bonds. The summed E-state index contributed by atoms with van der Waals surface area (Å²) in [6, 6.07) is -0.546. The molecule has 0 saturated carbocycles. The molecule has 0 spiro atoms. The average molecular weight is 271 g/mol. The van der Waals surface area contributed by atoms with E-state index in [1.807, 2.05) is 6.92 Å². The number of thiazole rings is 1. The van der Waals surface area contributed by atoms with Crippen LogP contribution >= 0.6 is 11.3 Å². The number of carbonyl (C=O) groups excluding carboxylic acids is 1. The lowest BCUT2D eigenvalue weighted by Crippen LogP contribution is -2.54. The Bertz CT molecular complexity index is 440. The highest BCUT2D eigenvalue weighted by Crippen LogP contribution is 2.17. The van der Waals surface area contributed by atoms with Crippen molar-refractivity contribution in [2.75, 3.05) is 5.32 Å². The molecule has 0 fully saturated rings. The summed E-state index contributed by atoms with van der Waals surface area (Å²) in [4.78, 5) is 27.0. The van der Waals surface area contributed by atoms with Crippen molar-refractivity contribution >= 4 is 28.5 Å². The van der Waals surface area contributed by atoms with Gasteiger partial charge < -0.3 is 10.4 Å². The quantitative estimate of drug-likeness (QED) is 0.765. The summed E-state index contributed by atoms with van der Waals surface area (Å²) in [7, 11) is 0. The molecule has 1 rings (SSSR count). The van der Waals surface area contributed by atoms with Gasteiger partial charge in [-0.1, -0.05) is 13.8 Å². The first-order valence-corrected chi connectivity index (χ1v) is 6.56. The molecular weight excluding hydrogens is 254 g/mol. The van der Waals surface area contributed by atoms with Crippen LogP contribution in [0.15, 0.2) is 5.38 Å². The summed E-state index contributed by atoms with van der Waals surface area (Å²) < 4.78 is 0. The van der Waals surface area contributed by atoms with E-state index >= 15 is 0 Å². The zero-order valence-electron chi connectivity index (χ0n) is 10.6. The Balaban J connectivity index is 2.70. The molecule has 0 aliphatic carbocycles. The molecule has 100 valence electrons. The van der Waals surface area contributed by atoms with Crippen LogP contribution in [-0.2, 0) is 4.79 Å². The number of hydrogen-bond donors (Lipinski definition) is 3. The Kier molecular flexibility index (Phi) is 4.66. The largest absolute Gasteiger partial charge is 0.480 e. The maximum Gasteiger partial charge on any atom is 0.329 e. The van der Waals surface area contributed by atoms with Crippen LogP contribution < -0.4 is 10.6 Å². The Morgan fingerprint density at radius 1 is 1.44 bits per heavy atom. The van der Waals surface area contributed by atoms with Crippen molar-refractivity contribution in [1.82, 2.24) is 10.3 Å². The van der Waals surface area contributed by atoms with Gasteiger partial charge in [-0.15, -0.1) is 11.3 Å². The Labute approximate surface area is 109 Å². The van der Waals surface area contributed by atoms with E-state index in [4.69, 9.17) is 0 Å². The highest BCUT2D eigenvalue weighted by molar-refractivity contribution is 7.13. The maximum atomic E-state index is 11.7. The molecule has 0 unspecified atom stereocenters. The van der Waals surface area contributed by atoms with E-state index in [0.717, 1.165) is 5.69 Å². The molecule has 0 radical (unpaired) electrons. The van der Waals surface area contributed by atoms with Gasteiger partial charge in [0.25, 0.3) is 0 Å². The second-order valence-electron chi connectivity index (χ2n) is 3.97. The summed E-state index contributed by atoms with van der Waals surface area (Å²) in [6.45, 7) is 5.27. The third kappa shape index (κ3) is 3.19. The number of amides is 2. The van der Waals surface area contributed by atoms with E-state index in [9.17, 15) is 14.7 Å². The lowest BCUT2D eigenvalue weighted by molar-refractivity contribution is -0.144. The normalized spacial score (nSPS) is 11.1. The zero-order chi connectivity index (χ0) is 13.8. The van der Waals surface area contributed by atoms with E-state index in [-0.39, 0.29) is 0 Å². The van der Waals surface area contributed by atoms with Crippen molar-refractivity contribution in [1.29, 1.82) is 0 Å². The van der Waals surface area contributed by atoms with Gasteiger partial charge in [-0.3, -0.25) is 5.32 Å². The fraction of sp³-hybridized carbons (Fsp3) is 0.545. The molecule has 0 saturated heterocycles. The topological polar surface area (TPSA) is 91.3 Å². The predicted molar refractivity (Wildman–Crippen MR) is 70.0 cm³/mol. The van der Waals surface area contributed by atoms with Gasteiger partial charge in [-0.25, -0.2) is 14.6 Å². The lowest BCUT2D eigenvalue weighted by Gasteiger charge is -2.27. The monoisotopic (exact) mass is 271 g/mol. The van der Waals surface area contributed by atoms with Gasteiger partial charge in [0.1, 0.15) is 5.54 Å². The first kappa shape index (κ1) is 14.4. The maximum absolute atomic E-state index is 11.7. The van der Waals surface area contributed by atoms with Crippen molar-refractivity contribution in [3.05, 3.63) is 11.1 Å². The Morgan fingerprint density at radius 2 is 2.06 bits per heavy atom. The fourth-order valence-electron chi connectivity index (χ4n) is 1.54. The van der Waals surface area contributed by atoms with E-state index in [2.05, 4.69) is 15.6 Å². The van der Waals surface area contributed by atoms with Crippen LogP contribution in [-0.4, -0.2) is 27.6 Å². The molecule has 0 aromatic carbocycles. The fourth-order valence-corrected chi connectivity index (χ4v) is 2.22. The number of carboxylic acids is 1. The smallest absolute Gasteiger partial charge is 0.329 e. The van der Waals surface area contributed by atoms with Crippen LogP contribution in [0.3, 0.4) is 0 Å². The van der Waals surface area contributed by atoms with Crippen molar-refractivity contribution < 1.29 is 14.7 Å². The van der Waals surface area contributed by atoms with Crippen molar-refractivity contribution in [2.45, 2.75) is 39.2 Å². The van der Waals surface area contributed by atoms with Crippen molar-refractivity contribution in [3.63, 3.8) is 0 Å². The SMILES string of the molecule is CCC(CC)(NC(=O)Nc1nc(C)cs1)C(=O)O. The number of hydrogen-bond acceptors (Lipinski definition) is 4. The minimum Gasteiger partial charge on any atom is -0.480 e. The van der Waals surface area contributed by atoms with Gasteiger partial charge in [0.05, 0.1) is 5.69 Å². The second-order valence-corrected chi connectivity index (χ2v) is 4.83. The molecule has 1 aromatic heterocycles. The average Bonchev–Trinajstić information content (AvgIpc) is 2.71. The molecule has 0 aliphatic rings. The summed E-state index contributed by atoms with van der Waals surface area (Å²) >= 11 is 1.30. The Hall–Kier alpha value is -1.63. The summed E-state index contributed by atoms with van der Waals surface area (Å²) in [5, 5.41) is 16.5. The molecule has 1 aromatic rings. The minimum atomic E-state index is -1.23. The van der Waals surface area contributed by atoms with Crippen molar-refractivity contribution in [2.24, 2.45) is 0 Å². The van der Waals surface area contributed by atoms with Gasteiger partial charge in [0, 0.05) is 5.38 Å². The number of nitrogens with zero attached hydrogens (tertiary/aromatic N) is 1. The number of aryl methyl sites for hydroxylation is 1. The first-order chi connectivity index (χ1) is 8.43. The van der Waals surface area contributed by atoms with Crippen LogP contribution in [0.5, 0.6) is 0 Å². The summed E-state index contributed by atoms with van der Waals surface area (Å²) in [6.07, 6.45) is 0.645. The predicted octanol–water partition coefficient (Wildman–Crippen LogP) is 2.22. The molecule has 18 heavy (non-hydrogen) atoms. The van der Waals surface area contributed by atoms with E-state index < -0.39 is 17.5 Å². The number of anilines is 1. The highest BCUT2D eigenvalue weighted by atomic mass is 32.1. The number of rotatable bonds is 5. The third-order valence-corrected chi connectivity index (χ3v) is 3.68. The van der Waals surface area contributed by atoms with E-state index in [1.165, 1.54) is 11.3 Å². The van der Waals surface area contributed by atoms with Crippen molar-refractivity contribution in [3.8, 4) is 0 Å².